The minimum atomic E-state index is -0.0354. The lowest BCUT2D eigenvalue weighted by molar-refractivity contribution is 0.0487. The van der Waals surface area contributed by atoms with Gasteiger partial charge in [-0.05, 0) is 44.4 Å². The molecule has 1 amide bonds. The number of benzene rings is 2. The molecular weight excluding hydrogens is 298 g/mol. The Morgan fingerprint density at radius 1 is 0.958 bits per heavy atom. The second kappa shape index (κ2) is 7.18. The predicted octanol–water partition coefficient (Wildman–Crippen LogP) is 3.78. The topological polar surface area (TPSA) is 38.3 Å². The highest BCUT2D eigenvalue weighted by Crippen LogP contribution is 2.34. The number of nitrogens with one attached hydrogen (secondary N) is 1. The molecule has 1 N–H and O–H groups in total. The number of hydrogen-bond donors (Lipinski definition) is 1. The summed E-state index contributed by atoms with van der Waals surface area (Å²) in [4.78, 5) is 12.5. The van der Waals surface area contributed by atoms with Crippen LogP contribution in [0.5, 0.6) is 0 Å². The maximum absolute atomic E-state index is 12.5. The van der Waals surface area contributed by atoms with Gasteiger partial charge in [0.2, 0.25) is 0 Å². The molecule has 1 aliphatic heterocycles. The third kappa shape index (κ3) is 3.68. The van der Waals surface area contributed by atoms with Crippen molar-refractivity contribution in [2.45, 2.75) is 32.1 Å². The van der Waals surface area contributed by atoms with Crippen molar-refractivity contribution >= 4 is 5.91 Å². The van der Waals surface area contributed by atoms with Gasteiger partial charge in [0.15, 0.2) is 0 Å². The van der Waals surface area contributed by atoms with Crippen LogP contribution in [0.2, 0.25) is 0 Å². The van der Waals surface area contributed by atoms with Gasteiger partial charge in [-0.2, -0.15) is 0 Å². The first kappa shape index (κ1) is 16.7. The molecule has 3 nitrogen and oxygen atoms in total. The third-order valence-electron chi connectivity index (χ3n) is 5.01. The lowest BCUT2D eigenvalue weighted by Crippen LogP contribution is -2.44. The molecule has 0 bridgehead atoms. The van der Waals surface area contributed by atoms with Crippen molar-refractivity contribution in [2.75, 3.05) is 19.8 Å². The van der Waals surface area contributed by atoms with Gasteiger partial charge in [-0.1, -0.05) is 47.5 Å². The van der Waals surface area contributed by atoms with Gasteiger partial charge < -0.3 is 10.1 Å². The highest BCUT2D eigenvalue weighted by atomic mass is 16.5. The van der Waals surface area contributed by atoms with E-state index < -0.39 is 0 Å². The van der Waals surface area contributed by atoms with E-state index in [4.69, 9.17) is 4.74 Å². The van der Waals surface area contributed by atoms with Crippen molar-refractivity contribution in [1.82, 2.24) is 5.32 Å². The Balaban J connectivity index is 1.76. The second-order valence-corrected chi connectivity index (χ2v) is 6.81. The predicted molar refractivity (Wildman–Crippen MR) is 96.4 cm³/mol. The number of amides is 1. The summed E-state index contributed by atoms with van der Waals surface area (Å²) < 4.78 is 5.56. The summed E-state index contributed by atoms with van der Waals surface area (Å²) in [6.45, 7) is 6.25. The van der Waals surface area contributed by atoms with Gasteiger partial charge in [0.25, 0.3) is 5.91 Å². The molecule has 0 unspecified atom stereocenters. The van der Waals surface area contributed by atoms with Gasteiger partial charge in [-0.3, -0.25) is 4.79 Å². The number of rotatable bonds is 4. The standard InChI is InChI=1S/C21H25NO2/c1-16-3-7-18(8-4-16)20(23)22-15-21(11-13-24-14-12-21)19-9-5-17(2)6-10-19/h3-10H,11-15H2,1-2H3,(H,22,23). The number of carbonyl (C=O) groups excluding carboxylic acids is 1. The van der Waals surface area contributed by atoms with Crippen LogP contribution in [0.3, 0.4) is 0 Å². The average molecular weight is 323 g/mol. The van der Waals surface area contributed by atoms with E-state index in [2.05, 4.69) is 36.5 Å². The van der Waals surface area contributed by atoms with Crippen LogP contribution in [-0.2, 0) is 10.2 Å². The maximum atomic E-state index is 12.5. The first-order chi connectivity index (χ1) is 11.6. The van der Waals surface area contributed by atoms with E-state index in [0.29, 0.717) is 12.1 Å². The van der Waals surface area contributed by atoms with Crippen molar-refractivity contribution in [1.29, 1.82) is 0 Å². The number of hydrogen-bond acceptors (Lipinski definition) is 2. The molecule has 0 aliphatic carbocycles. The Morgan fingerprint density at radius 2 is 1.50 bits per heavy atom. The lowest BCUT2D eigenvalue weighted by atomic mass is 9.74. The van der Waals surface area contributed by atoms with Crippen LogP contribution in [0.25, 0.3) is 0 Å². The smallest absolute Gasteiger partial charge is 0.251 e. The monoisotopic (exact) mass is 323 g/mol. The zero-order valence-electron chi connectivity index (χ0n) is 14.5. The Hall–Kier alpha value is -2.13. The van der Waals surface area contributed by atoms with Crippen LogP contribution in [0.15, 0.2) is 48.5 Å². The fourth-order valence-electron chi connectivity index (χ4n) is 3.29. The molecule has 1 fully saturated rings. The van der Waals surface area contributed by atoms with E-state index in [1.165, 1.54) is 11.1 Å². The normalized spacial score (nSPS) is 16.6. The summed E-state index contributed by atoms with van der Waals surface area (Å²) in [7, 11) is 0. The Morgan fingerprint density at radius 3 is 2.08 bits per heavy atom. The van der Waals surface area contributed by atoms with Crippen molar-refractivity contribution in [3.05, 3.63) is 70.8 Å². The minimum Gasteiger partial charge on any atom is -0.381 e. The molecule has 2 aromatic rings. The lowest BCUT2D eigenvalue weighted by Gasteiger charge is -2.38. The van der Waals surface area contributed by atoms with Crippen molar-refractivity contribution in [3.8, 4) is 0 Å². The summed E-state index contributed by atoms with van der Waals surface area (Å²) >= 11 is 0. The third-order valence-corrected chi connectivity index (χ3v) is 5.01. The van der Waals surface area contributed by atoms with Gasteiger partial charge in [0.1, 0.15) is 0 Å². The van der Waals surface area contributed by atoms with E-state index in [0.717, 1.165) is 31.6 Å². The summed E-state index contributed by atoms with van der Waals surface area (Å²) in [6.07, 6.45) is 1.87. The fraction of sp³-hybridized carbons (Fsp3) is 0.381. The van der Waals surface area contributed by atoms with Crippen LogP contribution >= 0.6 is 0 Å². The quantitative estimate of drug-likeness (QED) is 0.930. The summed E-state index contributed by atoms with van der Waals surface area (Å²) in [5, 5.41) is 3.15. The van der Waals surface area contributed by atoms with Crippen LogP contribution in [0.4, 0.5) is 0 Å². The van der Waals surface area contributed by atoms with Crippen LogP contribution in [0.1, 0.15) is 39.9 Å². The second-order valence-electron chi connectivity index (χ2n) is 6.81. The van der Waals surface area contributed by atoms with E-state index in [1.54, 1.807) is 0 Å². The van der Waals surface area contributed by atoms with Gasteiger partial charge >= 0.3 is 0 Å². The molecule has 2 aromatic carbocycles. The largest absolute Gasteiger partial charge is 0.381 e. The maximum Gasteiger partial charge on any atom is 0.251 e. The molecule has 126 valence electrons. The number of aryl methyl sites for hydroxylation is 2. The van der Waals surface area contributed by atoms with Gasteiger partial charge in [-0.25, -0.2) is 0 Å². The fourth-order valence-corrected chi connectivity index (χ4v) is 3.29. The van der Waals surface area contributed by atoms with Crippen LogP contribution in [0, 0.1) is 13.8 Å². The van der Waals surface area contributed by atoms with E-state index in [1.807, 2.05) is 31.2 Å². The zero-order valence-corrected chi connectivity index (χ0v) is 14.5. The molecule has 0 atom stereocenters. The molecule has 3 heteroatoms. The molecular formula is C21H25NO2. The highest BCUT2D eigenvalue weighted by Gasteiger charge is 2.34. The first-order valence-corrected chi connectivity index (χ1v) is 8.59. The molecule has 24 heavy (non-hydrogen) atoms. The summed E-state index contributed by atoms with van der Waals surface area (Å²) in [6, 6.07) is 16.4. The highest BCUT2D eigenvalue weighted by molar-refractivity contribution is 5.94. The molecule has 1 saturated heterocycles. The molecule has 0 aromatic heterocycles. The SMILES string of the molecule is Cc1ccc(C(=O)NCC2(c3ccc(C)cc3)CCOCC2)cc1. The first-order valence-electron chi connectivity index (χ1n) is 8.59. The number of ether oxygens (including phenoxy) is 1. The number of carbonyl (C=O) groups is 1. The van der Waals surface area contributed by atoms with Crippen LogP contribution < -0.4 is 5.32 Å². The molecule has 0 radical (unpaired) electrons. The molecule has 1 heterocycles. The molecule has 0 saturated carbocycles. The Labute approximate surface area is 144 Å². The minimum absolute atomic E-state index is 0.00650. The van der Waals surface area contributed by atoms with E-state index in [-0.39, 0.29) is 11.3 Å². The van der Waals surface area contributed by atoms with E-state index in [9.17, 15) is 4.79 Å². The summed E-state index contributed by atoms with van der Waals surface area (Å²) in [5.74, 6) is -0.00650. The molecule has 1 aliphatic rings. The van der Waals surface area contributed by atoms with E-state index >= 15 is 0 Å². The zero-order chi connectivity index (χ0) is 17.0. The molecule has 3 rings (SSSR count). The van der Waals surface area contributed by atoms with Crippen molar-refractivity contribution in [3.63, 3.8) is 0 Å². The van der Waals surface area contributed by atoms with Gasteiger partial charge in [-0.15, -0.1) is 0 Å². The Kier molecular flexibility index (Phi) is 5.00. The van der Waals surface area contributed by atoms with Gasteiger partial charge in [0, 0.05) is 30.7 Å². The Bertz CT molecular complexity index is 683. The van der Waals surface area contributed by atoms with Crippen molar-refractivity contribution in [2.24, 2.45) is 0 Å². The van der Waals surface area contributed by atoms with Crippen LogP contribution in [-0.4, -0.2) is 25.7 Å². The summed E-state index contributed by atoms with van der Waals surface area (Å²) in [5.41, 5.74) is 4.39. The molecule has 0 spiro atoms. The average Bonchev–Trinajstić information content (AvgIpc) is 2.62. The van der Waals surface area contributed by atoms with Crippen molar-refractivity contribution < 1.29 is 9.53 Å². The van der Waals surface area contributed by atoms with Gasteiger partial charge in [0.05, 0.1) is 0 Å².